The maximum atomic E-state index is 11.0. The summed E-state index contributed by atoms with van der Waals surface area (Å²) in [6, 6.07) is 4.92. The van der Waals surface area contributed by atoms with Gasteiger partial charge in [0.2, 0.25) is 0 Å². The number of unbranched alkanes of at least 4 members (excludes halogenated alkanes) is 2. The first-order valence-corrected chi connectivity index (χ1v) is 22.4. The van der Waals surface area contributed by atoms with E-state index in [0.29, 0.717) is 11.8 Å². The molecule has 0 amide bonds. The lowest BCUT2D eigenvalue weighted by Crippen LogP contribution is -2.43. The average molecular weight is 537 g/mol. The molecule has 1 aromatic rings. The molecule has 1 aromatic carbocycles. The average Bonchev–Trinajstić information content (AvgIpc) is 2.69. The summed E-state index contributed by atoms with van der Waals surface area (Å²) in [6.07, 6.45) is 8.79. The van der Waals surface area contributed by atoms with E-state index in [-0.39, 0.29) is 23.3 Å². The SMILES string of the molecule is CCCCCc1cc(O)c([C@H]2C=C(C)CC[C@H]2C(C)C[SiH2]C(O[Si](C)(C)C)O[Si](C)(C)C)c(O)c1. The summed E-state index contributed by atoms with van der Waals surface area (Å²) >= 11 is 0. The third-order valence-electron chi connectivity index (χ3n) is 6.95. The summed E-state index contributed by atoms with van der Waals surface area (Å²) in [5, 5.41) is 22.1. The molecule has 0 saturated carbocycles. The van der Waals surface area contributed by atoms with Gasteiger partial charge in [-0.05, 0) is 101 Å². The molecule has 0 fully saturated rings. The number of hydrogen-bond donors (Lipinski definition) is 2. The van der Waals surface area contributed by atoms with E-state index in [1.165, 1.54) is 12.0 Å². The van der Waals surface area contributed by atoms with Crippen LogP contribution in [0.25, 0.3) is 0 Å². The van der Waals surface area contributed by atoms with Gasteiger partial charge in [0.15, 0.2) is 16.6 Å². The highest BCUT2D eigenvalue weighted by Gasteiger charge is 2.34. The number of benzene rings is 1. The van der Waals surface area contributed by atoms with Crippen molar-refractivity contribution in [2.24, 2.45) is 11.8 Å². The van der Waals surface area contributed by atoms with Crippen LogP contribution in [0, 0.1) is 11.8 Å². The molecule has 1 unspecified atom stereocenters. The van der Waals surface area contributed by atoms with E-state index in [1.54, 1.807) is 0 Å². The van der Waals surface area contributed by atoms with Crippen molar-refractivity contribution in [2.75, 3.05) is 0 Å². The molecule has 7 heteroatoms. The summed E-state index contributed by atoms with van der Waals surface area (Å²) in [6.45, 7) is 20.2. The Bertz CT molecular complexity index is 803. The summed E-state index contributed by atoms with van der Waals surface area (Å²) in [5.41, 5.74) is 3.10. The summed E-state index contributed by atoms with van der Waals surface area (Å²) < 4.78 is 13.0. The molecular formula is C28H52O4Si3. The van der Waals surface area contributed by atoms with Gasteiger partial charge in [-0.3, -0.25) is 0 Å². The second-order valence-corrected chi connectivity index (χ2v) is 23.4. The van der Waals surface area contributed by atoms with Crippen molar-refractivity contribution in [2.45, 2.75) is 116 Å². The predicted molar refractivity (Wildman–Crippen MR) is 157 cm³/mol. The fourth-order valence-corrected chi connectivity index (χ4v) is 12.3. The zero-order chi connectivity index (χ0) is 26.4. The fraction of sp³-hybridized carbons (Fsp3) is 0.714. The number of phenols is 2. The zero-order valence-corrected chi connectivity index (χ0v) is 27.3. The van der Waals surface area contributed by atoms with Crippen LogP contribution in [-0.4, -0.2) is 42.3 Å². The molecule has 0 heterocycles. The first-order chi connectivity index (χ1) is 16.2. The summed E-state index contributed by atoms with van der Waals surface area (Å²) in [4.78, 5) is 0. The van der Waals surface area contributed by atoms with E-state index in [9.17, 15) is 10.2 Å². The molecule has 35 heavy (non-hydrogen) atoms. The first kappa shape index (κ1) is 30.4. The van der Waals surface area contributed by atoms with E-state index in [0.717, 1.165) is 49.3 Å². The highest BCUT2D eigenvalue weighted by atomic mass is 28.4. The lowest BCUT2D eigenvalue weighted by Gasteiger charge is -2.37. The Kier molecular flexibility index (Phi) is 11.3. The van der Waals surface area contributed by atoms with E-state index in [2.05, 4.69) is 66.1 Å². The molecule has 0 aromatic heterocycles. The van der Waals surface area contributed by atoms with E-state index < -0.39 is 26.2 Å². The Morgan fingerprint density at radius 2 is 1.57 bits per heavy atom. The lowest BCUT2D eigenvalue weighted by atomic mass is 9.71. The summed E-state index contributed by atoms with van der Waals surface area (Å²) in [7, 11) is -3.97. The predicted octanol–water partition coefficient (Wildman–Crippen LogP) is 7.48. The third-order valence-corrected chi connectivity index (χ3v) is 11.6. The Labute approximate surface area is 219 Å². The van der Waals surface area contributed by atoms with Crippen molar-refractivity contribution >= 4 is 26.2 Å². The van der Waals surface area contributed by atoms with Gasteiger partial charge in [0.05, 0.1) is 9.52 Å². The minimum Gasteiger partial charge on any atom is -0.507 e. The molecule has 0 radical (unpaired) electrons. The van der Waals surface area contributed by atoms with E-state index in [4.69, 9.17) is 8.85 Å². The fourth-order valence-electron chi connectivity index (χ4n) is 5.31. The van der Waals surface area contributed by atoms with Crippen molar-refractivity contribution in [3.05, 3.63) is 34.9 Å². The maximum absolute atomic E-state index is 11.0. The Balaban J connectivity index is 2.21. The van der Waals surface area contributed by atoms with Crippen LogP contribution in [0.3, 0.4) is 0 Å². The number of phenolic OH excluding ortho intramolecular Hbond substituents is 2. The molecule has 0 spiro atoms. The topological polar surface area (TPSA) is 58.9 Å². The highest BCUT2D eigenvalue weighted by Crippen LogP contribution is 2.47. The second kappa shape index (κ2) is 13.1. The number of aromatic hydroxyl groups is 2. The van der Waals surface area contributed by atoms with E-state index >= 15 is 0 Å². The molecule has 4 nitrogen and oxygen atoms in total. The monoisotopic (exact) mass is 536 g/mol. The van der Waals surface area contributed by atoms with Crippen LogP contribution in [0.2, 0.25) is 45.3 Å². The van der Waals surface area contributed by atoms with Gasteiger partial charge >= 0.3 is 0 Å². The van der Waals surface area contributed by atoms with Gasteiger partial charge in [-0.2, -0.15) is 0 Å². The van der Waals surface area contributed by atoms with Crippen LogP contribution in [-0.2, 0) is 15.3 Å². The van der Waals surface area contributed by atoms with Gasteiger partial charge in [-0.15, -0.1) is 0 Å². The Hall–Kier alpha value is -0.869. The van der Waals surface area contributed by atoms with Crippen LogP contribution in [0.1, 0.15) is 69.9 Å². The molecule has 2 N–H and O–H groups in total. The number of aryl methyl sites for hydroxylation is 1. The van der Waals surface area contributed by atoms with Gasteiger partial charge in [-0.25, -0.2) is 0 Å². The van der Waals surface area contributed by atoms with Gasteiger partial charge in [0.1, 0.15) is 17.4 Å². The smallest absolute Gasteiger partial charge is 0.186 e. The van der Waals surface area contributed by atoms with E-state index in [1.807, 2.05) is 12.1 Å². The number of allylic oxidation sites excluding steroid dienone is 2. The minimum atomic E-state index is -1.68. The van der Waals surface area contributed by atoms with Gasteiger partial charge in [0.25, 0.3) is 0 Å². The zero-order valence-electron chi connectivity index (χ0n) is 23.9. The van der Waals surface area contributed by atoms with Crippen LogP contribution in [0.5, 0.6) is 11.5 Å². The maximum Gasteiger partial charge on any atom is 0.186 e. The standard InChI is InChI=1S/C28H52O4Si3/c1-10-11-12-13-22-17-25(29)27(26(30)18-22)24-16-20(2)14-15-23(24)21(3)19-33-28(31-34(4,5)6)32-35(7,8)9/h16-18,21,23-24,28-30H,10-15,19,33H2,1-9H3/t21?,23-,24-/m0/s1. The molecule has 0 bridgehead atoms. The second-order valence-electron chi connectivity index (χ2n) is 12.7. The van der Waals surface area contributed by atoms with Crippen LogP contribution in [0.15, 0.2) is 23.8 Å². The number of rotatable bonds is 13. The van der Waals surface area contributed by atoms with Crippen LogP contribution < -0.4 is 0 Å². The highest BCUT2D eigenvalue weighted by molar-refractivity contribution is 6.71. The Morgan fingerprint density at radius 1 is 1.00 bits per heavy atom. The van der Waals surface area contributed by atoms with Crippen LogP contribution >= 0.6 is 0 Å². The molecule has 1 aliphatic rings. The Morgan fingerprint density at radius 3 is 2.09 bits per heavy atom. The molecule has 2 rings (SSSR count). The van der Waals surface area contributed by atoms with Crippen LogP contribution in [0.4, 0.5) is 0 Å². The van der Waals surface area contributed by atoms with Crippen molar-refractivity contribution in [1.82, 2.24) is 0 Å². The van der Waals surface area contributed by atoms with Gasteiger partial charge in [-0.1, -0.05) is 44.4 Å². The van der Waals surface area contributed by atoms with Crippen molar-refractivity contribution in [3.63, 3.8) is 0 Å². The third kappa shape index (κ3) is 10.2. The van der Waals surface area contributed by atoms with Gasteiger partial charge in [0, 0.05) is 11.5 Å². The number of hydrogen-bond acceptors (Lipinski definition) is 4. The largest absolute Gasteiger partial charge is 0.507 e. The quantitative estimate of drug-likeness (QED) is 0.119. The molecular weight excluding hydrogens is 485 g/mol. The molecule has 0 aliphatic heterocycles. The van der Waals surface area contributed by atoms with Crippen molar-refractivity contribution in [1.29, 1.82) is 0 Å². The minimum absolute atomic E-state index is 0.000637. The molecule has 0 saturated heterocycles. The normalized spacial score (nSPS) is 20.6. The van der Waals surface area contributed by atoms with Gasteiger partial charge < -0.3 is 19.1 Å². The first-order valence-electron chi connectivity index (χ1n) is 13.8. The summed E-state index contributed by atoms with van der Waals surface area (Å²) in [5.74, 6) is 1.43. The molecule has 1 aliphatic carbocycles. The lowest BCUT2D eigenvalue weighted by molar-refractivity contribution is 0.0597. The molecule has 200 valence electrons. The van der Waals surface area contributed by atoms with Crippen molar-refractivity contribution in [3.8, 4) is 11.5 Å². The van der Waals surface area contributed by atoms with Crippen molar-refractivity contribution < 1.29 is 19.1 Å². The molecule has 3 atom stereocenters.